The molecule has 0 saturated heterocycles. The molecule has 3 rings (SSSR count). The molecular weight excluding hydrogens is 340 g/mol. The van der Waals surface area contributed by atoms with E-state index in [0.29, 0.717) is 18.1 Å². The molecule has 0 radical (unpaired) electrons. The zero-order valence-corrected chi connectivity index (χ0v) is 15.4. The molecule has 3 aromatic rings. The fourth-order valence-corrected chi connectivity index (χ4v) is 2.65. The lowest BCUT2D eigenvalue weighted by molar-refractivity contribution is 0.102. The van der Waals surface area contributed by atoms with Crippen molar-refractivity contribution >= 4 is 17.4 Å². The van der Waals surface area contributed by atoms with E-state index in [1.165, 1.54) is 6.33 Å². The molecule has 6 heteroatoms. The van der Waals surface area contributed by atoms with Crippen LogP contribution in [0.5, 0.6) is 5.75 Å². The molecule has 0 aliphatic rings. The topological polar surface area (TPSA) is 76.1 Å². The van der Waals surface area contributed by atoms with Gasteiger partial charge in [0.15, 0.2) is 0 Å². The van der Waals surface area contributed by atoms with E-state index in [0.717, 1.165) is 29.0 Å². The average Bonchev–Trinajstić information content (AvgIpc) is 2.73. The van der Waals surface area contributed by atoms with Crippen LogP contribution >= 0.6 is 0 Å². The van der Waals surface area contributed by atoms with E-state index in [4.69, 9.17) is 4.74 Å². The second-order valence-corrected chi connectivity index (χ2v) is 5.95. The first-order valence-corrected chi connectivity index (χ1v) is 8.77. The number of hydrogen-bond acceptors (Lipinski definition) is 5. The zero-order valence-electron chi connectivity index (χ0n) is 15.4. The van der Waals surface area contributed by atoms with Crippen molar-refractivity contribution in [3.05, 3.63) is 77.7 Å². The Kier molecular flexibility index (Phi) is 5.99. The minimum Gasteiger partial charge on any atom is -0.497 e. The van der Waals surface area contributed by atoms with Gasteiger partial charge in [0.2, 0.25) is 0 Å². The molecule has 2 aromatic carbocycles. The lowest BCUT2D eigenvalue weighted by Gasteiger charge is -2.10. The van der Waals surface area contributed by atoms with Crippen LogP contribution in [0.15, 0.2) is 60.9 Å². The Balaban J connectivity index is 1.66. The van der Waals surface area contributed by atoms with Crippen LogP contribution < -0.4 is 15.4 Å². The molecule has 138 valence electrons. The summed E-state index contributed by atoms with van der Waals surface area (Å²) in [5.41, 5.74) is 3.28. The maximum Gasteiger partial charge on any atom is 0.274 e. The van der Waals surface area contributed by atoms with Gasteiger partial charge < -0.3 is 15.4 Å². The molecule has 0 fully saturated rings. The van der Waals surface area contributed by atoms with E-state index < -0.39 is 0 Å². The molecule has 0 unspecified atom stereocenters. The molecule has 0 aliphatic carbocycles. The number of amides is 1. The number of benzene rings is 2. The summed E-state index contributed by atoms with van der Waals surface area (Å²) in [6, 6.07) is 17.1. The van der Waals surface area contributed by atoms with Gasteiger partial charge in [-0.2, -0.15) is 0 Å². The number of hydrogen-bond donors (Lipinski definition) is 2. The fourth-order valence-electron chi connectivity index (χ4n) is 2.65. The highest BCUT2D eigenvalue weighted by atomic mass is 16.5. The van der Waals surface area contributed by atoms with Gasteiger partial charge in [0.05, 0.1) is 7.11 Å². The second kappa shape index (κ2) is 8.80. The molecule has 1 amide bonds. The summed E-state index contributed by atoms with van der Waals surface area (Å²) in [7, 11) is 1.64. The van der Waals surface area contributed by atoms with Gasteiger partial charge in [0, 0.05) is 18.3 Å². The Morgan fingerprint density at radius 1 is 1.07 bits per heavy atom. The highest BCUT2D eigenvalue weighted by Gasteiger charge is 2.11. The zero-order chi connectivity index (χ0) is 19.1. The van der Waals surface area contributed by atoms with Crippen molar-refractivity contribution in [2.24, 2.45) is 0 Å². The van der Waals surface area contributed by atoms with Crippen LogP contribution in [0, 0.1) is 0 Å². The molecular formula is C21H22N4O2. The molecule has 6 nitrogen and oxygen atoms in total. The number of rotatable bonds is 7. The standard InChI is InChI=1S/C21H22N4O2/c1-3-16-6-4-5-7-18(16)25-21(26)19-12-20(24-14-23-19)22-13-15-8-10-17(27-2)11-9-15/h4-12,14H,3,13H2,1-2H3,(H,25,26)(H,22,23,24). The van der Waals surface area contributed by atoms with Crippen LogP contribution in [0.3, 0.4) is 0 Å². The van der Waals surface area contributed by atoms with Gasteiger partial charge in [-0.3, -0.25) is 4.79 Å². The third-order valence-corrected chi connectivity index (χ3v) is 4.18. The number of anilines is 2. The van der Waals surface area contributed by atoms with E-state index >= 15 is 0 Å². The van der Waals surface area contributed by atoms with Crippen molar-refractivity contribution in [3.8, 4) is 5.75 Å². The molecule has 0 saturated carbocycles. The summed E-state index contributed by atoms with van der Waals surface area (Å²) < 4.78 is 5.15. The molecule has 0 aliphatic heterocycles. The lowest BCUT2D eigenvalue weighted by Crippen LogP contribution is -2.15. The third kappa shape index (κ3) is 4.82. The van der Waals surface area contributed by atoms with Gasteiger partial charge in [-0.15, -0.1) is 0 Å². The minimum atomic E-state index is -0.259. The van der Waals surface area contributed by atoms with E-state index in [2.05, 4.69) is 27.5 Å². The number of nitrogens with zero attached hydrogens (tertiary/aromatic N) is 2. The van der Waals surface area contributed by atoms with Gasteiger partial charge in [-0.25, -0.2) is 9.97 Å². The number of methoxy groups -OCH3 is 1. The van der Waals surface area contributed by atoms with Crippen molar-refractivity contribution in [2.75, 3.05) is 17.7 Å². The number of nitrogens with one attached hydrogen (secondary N) is 2. The summed E-state index contributed by atoms with van der Waals surface area (Å²) in [6.07, 6.45) is 2.23. The van der Waals surface area contributed by atoms with Crippen LogP contribution in [-0.4, -0.2) is 23.0 Å². The summed E-state index contributed by atoms with van der Waals surface area (Å²) in [6.45, 7) is 2.64. The largest absolute Gasteiger partial charge is 0.497 e. The number of aromatic nitrogens is 2. The third-order valence-electron chi connectivity index (χ3n) is 4.18. The van der Waals surface area contributed by atoms with Crippen LogP contribution in [0.2, 0.25) is 0 Å². The Hall–Kier alpha value is -3.41. The monoisotopic (exact) mass is 362 g/mol. The normalized spacial score (nSPS) is 10.3. The number of carbonyl (C=O) groups is 1. The highest BCUT2D eigenvalue weighted by molar-refractivity contribution is 6.03. The molecule has 0 bridgehead atoms. The molecule has 0 spiro atoms. The fraction of sp³-hybridized carbons (Fsp3) is 0.190. The quantitative estimate of drug-likeness (QED) is 0.666. The van der Waals surface area contributed by atoms with E-state index in [1.807, 2.05) is 48.5 Å². The van der Waals surface area contributed by atoms with Crippen LogP contribution in [0.25, 0.3) is 0 Å². The minimum absolute atomic E-state index is 0.259. The first-order valence-electron chi connectivity index (χ1n) is 8.77. The van der Waals surface area contributed by atoms with Gasteiger partial charge in [0.25, 0.3) is 5.91 Å². The Bertz CT molecular complexity index is 910. The number of carbonyl (C=O) groups excluding carboxylic acids is 1. The van der Waals surface area contributed by atoms with Gasteiger partial charge >= 0.3 is 0 Å². The van der Waals surface area contributed by atoms with E-state index in [9.17, 15) is 4.79 Å². The number of ether oxygens (including phenoxy) is 1. The molecule has 27 heavy (non-hydrogen) atoms. The second-order valence-electron chi connectivity index (χ2n) is 5.95. The van der Waals surface area contributed by atoms with Crippen molar-refractivity contribution < 1.29 is 9.53 Å². The van der Waals surface area contributed by atoms with Crippen molar-refractivity contribution in [1.82, 2.24) is 9.97 Å². The highest BCUT2D eigenvalue weighted by Crippen LogP contribution is 2.17. The van der Waals surface area contributed by atoms with Crippen molar-refractivity contribution in [3.63, 3.8) is 0 Å². The molecule has 1 heterocycles. The van der Waals surface area contributed by atoms with Crippen LogP contribution in [-0.2, 0) is 13.0 Å². The Morgan fingerprint density at radius 3 is 2.59 bits per heavy atom. The first-order chi connectivity index (χ1) is 13.2. The Labute approximate surface area is 158 Å². The first kappa shape index (κ1) is 18.4. The average molecular weight is 362 g/mol. The van der Waals surface area contributed by atoms with E-state index in [1.54, 1.807) is 13.2 Å². The van der Waals surface area contributed by atoms with Crippen LogP contribution in [0.4, 0.5) is 11.5 Å². The lowest BCUT2D eigenvalue weighted by atomic mass is 10.1. The van der Waals surface area contributed by atoms with Crippen LogP contribution in [0.1, 0.15) is 28.5 Å². The van der Waals surface area contributed by atoms with E-state index in [-0.39, 0.29) is 5.91 Å². The van der Waals surface area contributed by atoms with Gasteiger partial charge in [-0.1, -0.05) is 37.3 Å². The van der Waals surface area contributed by atoms with Gasteiger partial charge in [-0.05, 0) is 35.7 Å². The molecule has 2 N–H and O–H groups in total. The maximum atomic E-state index is 12.5. The van der Waals surface area contributed by atoms with Crippen molar-refractivity contribution in [1.29, 1.82) is 0 Å². The predicted molar refractivity (Wildman–Crippen MR) is 106 cm³/mol. The summed E-state index contributed by atoms with van der Waals surface area (Å²) >= 11 is 0. The summed E-state index contributed by atoms with van der Waals surface area (Å²) in [4.78, 5) is 20.8. The smallest absolute Gasteiger partial charge is 0.274 e. The summed E-state index contributed by atoms with van der Waals surface area (Å²) in [5, 5.41) is 6.13. The molecule has 0 atom stereocenters. The number of aryl methyl sites for hydroxylation is 1. The predicted octanol–water partition coefficient (Wildman–Crippen LogP) is 3.91. The van der Waals surface area contributed by atoms with Crippen molar-refractivity contribution in [2.45, 2.75) is 19.9 Å². The van der Waals surface area contributed by atoms with Gasteiger partial charge in [0.1, 0.15) is 23.6 Å². The SMILES string of the molecule is CCc1ccccc1NC(=O)c1cc(NCc2ccc(OC)cc2)ncn1. The number of para-hydroxylation sites is 1. The maximum absolute atomic E-state index is 12.5. The summed E-state index contributed by atoms with van der Waals surface area (Å²) in [5.74, 6) is 1.15. The Morgan fingerprint density at radius 2 is 1.85 bits per heavy atom. The molecule has 1 aromatic heterocycles.